The van der Waals surface area contributed by atoms with E-state index in [1.54, 1.807) is 31.2 Å². The lowest BCUT2D eigenvalue weighted by molar-refractivity contribution is -0.120. The van der Waals surface area contributed by atoms with Crippen LogP contribution in [0.1, 0.15) is 19.8 Å². The van der Waals surface area contributed by atoms with E-state index in [-0.39, 0.29) is 22.8 Å². The molecule has 0 saturated heterocycles. The maximum atomic E-state index is 14.5. The molecule has 2 aromatic carbocycles. The number of amides is 1. The Hall–Kier alpha value is -2.74. The molecule has 1 heterocycles. The molecule has 8 heteroatoms. The Balaban J connectivity index is 1.83. The van der Waals surface area contributed by atoms with Crippen LogP contribution in [0.25, 0.3) is 16.6 Å². The minimum Gasteiger partial charge on any atom is -0.352 e. The van der Waals surface area contributed by atoms with E-state index in [2.05, 4.69) is 10.3 Å². The molecule has 1 aliphatic rings. The maximum absolute atomic E-state index is 14.5. The van der Waals surface area contributed by atoms with Gasteiger partial charge in [0.15, 0.2) is 5.16 Å². The predicted octanol–water partition coefficient (Wildman–Crippen LogP) is 3.42. The van der Waals surface area contributed by atoms with Crippen LogP contribution in [0.15, 0.2) is 52.4 Å². The number of para-hydroxylation sites is 1. The molecule has 144 valence electrons. The average Bonchev–Trinajstić information content (AvgIpc) is 3.47. The van der Waals surface area contributed by atoms with Crippen LogP contribution in [0.5, 0.6) is 0 Å². The minimum absolute atomic E-state index is 0.109. The quantitative estimate of drug-likeness (QED) is 0.526. The summed E-state index contributed by atoms with van der Waals surface area (Å²) in [5.74, 6) is -1.79. The summed E-state index contributed by atoms with van der Waals surface area (Å²) in [7, 11) is 0. The normalized spacial score (nSPS) is 14.8. The Morgan fingerprint density at radius 2 is 2.00 bits per heavy atom. The van der Waals surface area contributed by atoms with E-state index in [1.807, 2.05) is 0 Å². The van der Waals surface area contributed by atoms with Gasteiger partial charge in [0, 0.05) is 12.1 Å². The highest BCUT2D eigenvalue weighted by atomic mass is 32.2. The lowest BCUT2D eigenvalue weighted by Crippen LogP contribution is -2.33. The zero-order chi connectivity index (χ0) is 19.8. The average molecular weight is 401 g/mol. The van der Waals surface area contributed by atoms with Gasteiger partial charge in [-0.25, -0.2) is 13.8 Å². The summed E-state index contributed by atoms with van der Waals surface area (Å²) in [4.78, 5) is 29.9. The van der Waals surface area contributed by atoms with Crippen molar-refractivity contribution in [3.63, 3.8) is 0 Å². The Morgan fingerprint density at radius 1 is 1.25 bits per heavy atom. The SMILES string of the molecule is C[C@H](Sc1nc2ccccc2c(=O)n1-c1ccc(F)cc1F)C(=O)NC1CC1. The number of hydrogen-bond acceptors (Lipinski definition) is 4. The third-order valence-corrected chi connectivity index (χ3v) is 5.52. The van der Waals surface area contributed by atoms with Gasteiger partial charge in [-0.05, 0) is 44.0 Å². The van der Waals surface area contributed by atoms with Crippen LogP contribution in [0.3, 0.4) is 0 Å². The molecule has 1 aromatic heterocycles. The zero-order valence-corrected chi connectivity index (χ0v) is 15.8. The van der Waals surface area contributed by atoms with E-state index < -0.39 is 22.4 Å². The van der Waals surface area contributed by atoms with Crippen LogP contribution >= 0.6 is 11.8 Å². The third-order valence-electron chi connectivity index (χ3n) is 4.47. The fraction of sp³-hybridized carbons (Fsp3) is 0.250. The largest absolute Gasteiger partial charge is 0.352 e. The summed E-state index contributed by atoms with van der Waals surface area (Å²) in [6, 6.07) is 9.91. The smallest absolute Gasteiger partial charge is 0.266 e. The van der Waals surface area contributed by atoms with Crippen molar-refractivity contribution in [2.24, 2.45) is 0 Å². The number of carbonyl (C=O) groups excluding carboxylic acids is 1. The highest BCUT2D eigenvalue weighted by Gasteiger charge is 2.27. The first-order chi connectivity index (χ1) is 13.4. The lowest BCUT2D eigenvalue weighted by Gasteiger charge is -2.16. The molecular weight excluding hydrogens is 384 g/mol. The fourth-order valence-electron chi connectivity index (χ4n) is 2.82. The summed E-state index contributed by atoms with van der Waals surface area (Å²) >= 11 is 1.06. The van der Waals surface area contributed by atoms with Crippen molar-refractivity contribution in [1.29, 1.82) is 0 Å². The molecule has 0 aliphatic heterocycles. The molecule has 3 aromatic rings. The van der Waals surface area contributed by atoms with Crippen LogP contribution in [0.4, 0.5) is 8.78 Å². The number of thioether (sulfide) groups is 1. The molecule has 0 bridgehead atoms. The number of nitrogens with one attached hydrogen (secondary N) is 1. The number of halogens is 2. The molecule has 1 atom stereocenters. The highest BCUT2D eigenvalue weighted by molar-refractivity contribution is 8.00. The summed E-state index contributed by atoms with van der Waals surface area (Å²) in [5, 5.41) is 2.85. The second-order valence-electron chi connectivity index (χ2n) is 6.69. The zero-order valence-electron chi connectivity index (χ0n) is 15.0. The van der Waals surface area contributed by atoms with Crippen LogP contribution < -0.4 is 10.9 Å². The van der Waals surface area contributed by atoms with Crippen LogP contribution in [-0.4, -0.2) is 26.8 Å². The van der Waals surface area contributed by atoms with Crippen molar-refractivity contribution < 1.29 is 13.6 Å². The number of rotatable bonds is 5. The highest BCUT2D eigenvalue weighted by Crippen LogP contribution is 2.27. The van der Waals surface area contributed by atoms with Crippen molar-refractivity contribution in [2.45, 2.75) is 36.2 Å². The molecular formula is C20H17F2N3O2S. The number of fused-ring (bicyclic) bond motifs is 1. The standard InChI is InChI=1S/C20H17F2N3O2S/c1-11(18(26)23-13-7-8-13)28-20-24-16-5-3-2-4-14(16)19(27)25(20)17-9-6-12(21)10-15(17)22/h2-6,9-11,13H,7-8H2,1H3,(H,23,26)/t11-/m0/s1. The molecule has 1 N–H and O–H groups in total. The Bertz CT molecular complexity index is 1130. The lowest BCUT2D eigenvalue weighted by atomic mass is 10.2. The van der Waals surface area contributed by atoms with Gasteiger partial charge in [-0.2, -0.15) is 0 Å². The Kier molecular flexibility index (Phi) is 4.89. The first-order valence-corrected chi connectivity index (χ1v) is 9.76. The van der Waals surface area contributed by atoms with Crippen molar-refractivity contribution in [2.75, 3.05) is 0 Å². The van der Waals surface area contributed by atoms with Crippen molar-refractivity contribution in [1.82, 2.24) is 14.9 Å². The van der Waals surface area contributed by atoms with Gasteiger partial charge in [-0.15, -0.1) is 0 Å². The van der Waals surface area contributed by atoms with E-state index in [4.69, 9.17) is 0 Å². The second-order valence-corrected chi connectivity index (χ2v) is 8.00. The molecule has 5 nitrogen and oxygen atoms in total. The monoisotopic (exact) mass is 401 g/mol. The van der Waals surface area contributed by atoms with Gasteiger partial charge in [-0.3, -0.25) is 14.2 Å². The molecule has 0 radical (unpaired) electrons. The number of nitrogens with zero attached hydrogens (tertiary/aromatic N) is 2. The Labute approximate surface area is 163 Å². The first kappa shape index (κ1) is 18.6. The maximum Gasteiger partial charge on any atom is 0.266 e. The molecule has 1 saturated carbocycles. The number of hydrogen-bond donors (Lipinski definition) is 1. The molecule has 4 rings (SSSR count). The Morgan fingerprint density at radius 3 is 2.71 bits per heavy atom. The van der Waals surface area contributed by atoms with E-state index in [0.717, 1.165) is 35.2 Å². The topological polar surface area (TPSA) is 64.0 Å². The van der Waals surface area contributed by atoms with Gasteiger partial charge < -0.3 is 5.32 Å². The summed E-state index contributed by atoms with van der Waals surface area (Å²) in [5.41, 5.74) is -0.140. The van der Waals surface area contributed by atoms with Crippen LogP contribution in [-0.2, 0) is 4.79 Å². The van der Waals surface area contributed by atoms with Crippen LogP contribution in [0.2, 0.25) is 0 Å². The first-order valence-electron chi connectivity index (χ1n) is 8.88. The molecule has 1 aliphatic carbocycles. The summed E-state index contributed by atoms with van der Waals surface area (Å²) in [6.07, 6.45) is 1.92. The number of benzene rings is 2. The van der Waals surface area contributed by atoms with Gasteiger partial charge in [0.05, 0.1) is 21.8 Å². The van der Waals surface area contributed by atoms with Gasteiger partial charge in [0.2, 0.25) is 5.91 Å². The van der Waals surface area contributed by atoms with Gasteiger partial charge >= 0.3 is 0 Å². The van der Waals surface area contributed by atoms with Crippen molar-refractivity contribution in [3.05, 3.63) is 64.5 Å². The fourth-order valence-corrected chi connectivity index (χ4v) is 3.75. The molecule has 28 heavy (non-hydrogen) atoms. The summed E-state index contributed by atoms with van der Waals surface area (Å²) in [6.45, 7) is 1.70. The van der Waals surface area contributed by atoms with Gasteiger partial charge in [-0.1, -0.05) is 23.9 Å². The predicted molar refractivity (Wildman–Crippen MR) is 104 cm³/mol. The van der Waals surface area contributed by atoms with E-state index in [1.165, 1.54) is 6.07 Å². The number of carbonyl (C=O) groups is 1. The molecule has 1 amide bonds. The van der Waals surface area contributed by atoms with E-state index in [9.17, 15) is 18.4 Å². The van der Waals surface area contributed by atoms with E-state index in [0.29, 0.717) is 17.0 Å². The van der Waals surface area contributed by atoms with Crippen LogP contribution in [0, 0.1) is 11.6 Å². The van der Waals surface area contributed by atoms with Gasteiger partial charge in [0.25, 0.3) is 5.56 Å². The second kappa shape index (κ2) is 7.35. The molecule has 0 spiro atoms. The van der Waals surface area contributed by atoms with Gasteiger partial charge in [0.1, 0.15) is 11.6 Å². The molecule has 0 unspecified atom stereocenters. The molecule has 1 fully saturated rings. The minimum atomic E-state index is -0.879. The summed E-state index contributed by atoms with van der Waals surface area (Å²) < 4.78 is 28.9. The van der Waals surface area contributed by atoms with Crippen molar-refractivity contribution in [3.8, 4) is 5.69 Å². The van der Waals surface area contributed by atoms with Crippen molar-refractivity contribution >= 4 is 28.6 Å². The third kappa shape index (κ3) is 3.64. The van der Waals surface area contributed by atoms with E-state index >= 15 is 0 Å². The number of aromatic nitrogens is 2.